The Morgan fingerprint density at radius 2 is 2.00 bits per heavy atom. The van der Waals surface area contributed by atoms with Gasteiger partial charge in [-0.25, -0.2) is 0 Å². The maximum atomic E-state index is 10.3. The van der Waals surface area contributed by atoms with E-state index in [-0.39, 0.29) is 18.0 Å². The van der Waals surface area contributed by atoms with Crippen LogP contribution in [-0.2, 0) is 9.59 Å². The number of carbonyl (C=O) groups is 2. The Labute approximate surface area is 48.9 Å². The van der Waals surface area contributed by atoms with Gasteiger partial charge in [0.05, 0.1) is 6.42 Å². The zero-order valence-electron chi connectivity index (χ0n) is 5.10. The molecule has 0 rings (SSSR count). The van der Waals surface area contributed by atoms with E-state index in [9.17, 15) is 9.59 Å². The fraction of sp³-hybridized carbons (Fsp3) is 0.500. The van der Waals surface area contributed by atoms with E-state index in [1.165, 1.54) is 13.3 Å². The van der Waals surface area contributed by atoms with Gasteiger partial charge in [0.2, 0.25) is 0 Å². The van der Waals surface area contributed by atoms with E-state index in [1.54, 1.807) is 6.92 Å². The fourth-order valence-electron chi connectivity index (χ4n) is 0.347. The van der Waals surface area contributed by atoms with Gasteiger partial charge in [0.1, 0.15) is 11.6 Å². The van der Waals surface area contributed by atoms with Crippen molar-refractivity contribution >= 4 is 11.6 Å². The lowest BCUT2D eigenvalue weighted by Gasteiger charge is -1.87. The maximum Gasteiger partial charge on any atom is 0.143 e. The van der Waals surface area contributed by atoms with Gasteiger partial charge in [-0.2, -0.15) is 0 Å². The molecule has 0 N–H and O–H groups in total. The summed E-state index contributed by atoms with van der Waals surface area (Å²) in [5.41, 5.74) is 0. The van der Waals surface area contributed by atoms with Gasteiger partial charge in [0.25, 0.3) is 0 Å². The number of hydrogen-bond acceptors (Lipinski definition) is 2. The Balaban J connectivity index is 3.40. The van der Waals surface area contributed by atoms with E-state index in [0.717, 1.165) is 0 Å². The highest BCUT2D eigenvalue weighted by atomic mass is 16.1. The molecule has 2 nitrogen and oxygen atoms in total. The van der Waals surface area contributed by atoms with Crippen molar-refractivity contribution in [3.8, 4) is 0 Å². The average Bonchev–Trinajstić information content (AvgIpc) is 1.65. The standard InChI is InChI=1S/C6H9O2/c1-3-6(8)4-5(2)7/h3H,4H2,1-2H3. The maximum absolute atomic E-state index is 10.3. The molecule has 0 aliphatic heterocycles. The van der Waals surface area contributed by atoms with E-state index in [2.05, 4.69) is 0 Å². The summed E-state index contributed by atoms with van der Waals surface area (Å²) in [5, 5.41) is 0. The van der Waals surface area contributed by atoms with Crippen LogP contribution < -0.4 is 0 Å². The first-order chi connectivity index (χ1) is 3.66. The summed E-state index contributed by atoms with van der Waals surface area (Å²) in [6.45, 7) is 3.03. The molecule has 8 heavy (non-hydrogen) atoms. The lowest BCUT2D eigenvalue weighted by Crippen LogP contribution is -2.01. The van der Waals surface area contributed by atoms with Crippen LogP contribution in [0.5, 0.6) is 0 Å². The van der Waals surface area contributed by atoms with Crippen molar-refractivity contribution in [1.29, 1.82) is 0 Å². The molecular weight excluding hydrogens is 104 g/mol. The zero-order valence-corrected chi connectivity index (χ0v) is 5.10. The molecule has 0 bridgehead atoms. The van der Waals surface area contributed by atoms with Gasteiger partial charge in [-0.05, 0) is 6.92 Å². The summed E-state index contributed by atoms with van der Waals surface area (Å²) in [5.74, 6) is -0.175. The van der Waals surface area contributed by atoms with Crippen molar-refractivity contribution in [3.63, 3.8) is 0 Å². The summed E-state index contributed by atoms with van der Waals surface area (Å²) < 4.78 is 0. The Morgan fingerprint density at radius 3 is 2.12 bits per heavy atom. The first-order valence-corrected chi connectivity index (χ1v) is 2.48. The highest BCUT2D eigenvalue weighted by Crippen LogP contribution is 1.86. The first kappa shape index (κ1) is 7.34. The second-order valence-corrected chi connectivity index (χ2v) is 1.63. The molecule has 0 aromatic rings. The Morgan fingerprint density at radius 1 is 1.50 bits per heavy atom. The van der Waals surface area contributed by atoms with E-state index in [4.69, 9.17) is 0 Å². The molecular formula is C6H9O2. The third-order valence-electron chi connectivity index (χ3n) is 0.745. The molecule has 0 heterocycles. The molecule has 0 saturated heterocycles. The summed E-state index contributed by atoms with van der Waals surface area (Å²) in [6.07, 6.45) is 1.46. The van der Waals surface area contributed by atoms with Gasteiger partial charge < -0.3 is 0 Å². The second-order valence-electron chi connectivity index (χ2n) is 1.63. The van der Waals surface area contributed by atoms with E-state index < -0.39 is 0 Å². The van der Waals surface area contributed by atoms with Crippen LogP contribution in [0.15, 0.2) is 0 Å². The summed E-state index contributed by atoms with van der Waals surface area (Å²) in [7, 11) is 0. The van der Waals surface area contributed by atoms with Crippen molar-refractivity contribution in [3.05, 3.63) is 6.42 Å². The van der Waals surface area contributed by atoms with Gasteiger partial charge in [0.15, 0.2) is 0 Å². The number of ketones is 2. The van der Waals surface area contributed by atoms with Crippen LogP contribution in [0, 0.1) is 6.42 Å². The normalized spacial score (nSPS) is 8.75. The minimum absolute atomic E-state index is 0.0521. The highest BCUT2D eigenvalue weighted by Gasteiger charge is 2.00. The summed E-state index contributed by atoms with van der Waals surface area (Å²) in [4.78, 5) is 20.5. The summed E-state index contributed by atoms with van der Waals surface area (Å²) in [6, 6.07) is 0. The Bertz CT molecular complexity index is 105. The van der Waals surface area contributed by atoms with Gasteiger partial charge in [-0.1, -0.05) is 6.92 Å². The van der Waals surface area contributed by atoms with E-state index in [1.807, 2.05) is 0 Å². The van der Waals surface area contributed by atoms with E-state index in [0.29, 0.717) is 0 Å². The molecule has 0 unspecified atom stereocenters. The minimum Gasteiger partial charge on any atom is -0.300 e. The Hall–Kier alpha value is -0.660. The molecule has 0 amide bonds. The topological polar surface area (TPSA) is 34.1 Å². The largest absolute Gasteiger partial charge is 0.300 e. The monoisotopic (exact) mass is 113 g/mol. The quantitative estimate of drug-likeness (QED) is 0.506. The number of Topliss-reactive ketones (excluding diaryl/α,β-unsaturated/α-hetero) is 2. The van der Waals surface area contributed by atoms with Gasteiger partial charge >= 0.3 is 0 Å². The van der Waals surface area contributed by atoms with Gasteiger partial charge in [0, 0.05) is 6.42 Å². The second kappa shape index (κ2) is 3.36. The van der Waals surface area contributed by atoms with Gasteiger partial charge in [-0.3, -0.25) is 9.59 Å². The van der Waals surface area contributed by atoms with Crippen molar-refractivity contribution in [2.45, 2.75) is 20.3 Å². The predicted molar refractivity (Wildman–Crippen MR) is 30.3 cm³/mol. The van der Waals surface area contributed by atoms with Crippen molar-refractivity contribution in [2.24, 2.45) is 0 Å². The Kier molecular flexibility index (Phi) is 3.08. The third-order valence-corrected chi connectivity index (χ3v) is 0.745. The van der Waals surface area contributed by atoms with Crippen LogP contribution in [0.1, 0.15) is 20.3 Å². The molecule has 0 aromatic heterocycles. The molecule has 0 aliphatic rings. The van der Waals surface area contributed by atoms with Crippen LogP contribution >= 0.6 is 0 Å². The van der Waals surface area contributed by atoms with E-state index >= 15 is 0 Å². The van der Waals surface area contributed by atoms with Crippen molar-refractivity contribution in [2.75, 3.05) is 0 Å². The van der Waals surface area contributed by atoms with Gasteiger partial charge in [-0.15, -0.1) is 0 Å². The number of rotatable bonds is 3. The molecule has 1 radical (unpaired) electrons. The molecule has 0 atom stereocenters. The number of hydrogen-bond donors (Lipinski definition) is 0. The van der Waals surface area contributed by atoms with Crippen molar-refractivity contribution in [1.82, 2.24) is 0 Å². The number of carbonyl (C=O) groups excluding carboxylic acids is 2. The molecule has 0 saturated carbocycles. The molecule has 45 valence electrons. The lowest BCUT2D eigenvalue weighted by atomic mass is 10.2. The van der Waals surface area contributed by atoms with Crippen LogP contribution in [0.2, 0.25) is 0 Å². The predicted octanol–water partition coefficient (Wildman–Crippen LogP) is 0.759. The first-order valence-electron chi connectivity index (χ1n) is 2.48. The average molecular weight is 113 g/mol. The van der Waals surface area contributed by atoms with Crippen LogP contribution in [-0.4, -0.2) is 11.6 Å². The van der Waals surface area contributed by atoms with Crippen LogP contribution in [0.4, 0.5) is 0 Å². The summed E-state index contributed by atoms with van der Waals surface area (Å²) >= 11 is 0. The molecule has 0 aliphatic carbocycles. The SMILES string of the molecule is C[CH]C(=O)CC(C)=O. The highest BCUT2D eigenvalue weighted by molar-refractivity contribution is 6.01. The molecule has 0 aromatic carbocycles. The molecule has 0 spiro atoms. The fourth-order valence-corrected chi connectivity index (χ4v) is 0.347. The molecule has 0 fully saturated rings. The lowest BCUT2D eigenvalue weighted by molar-refractivity contribution is -0.124. The minimum atomic E-state index is -0.0995. The molecule has 2 heteroatoms. The third kappa shape index (κ3) is 3.53. The van der Waals surface area contributed by atoms with Crippen molar-refractivity contribution < 1.29 is 9.59 Å². The van der Waals surface area contributed by atoms with Crippen LogP contribution in [0.25, 0.3) is 0 Å². The smallest absolute Gasteiger partial charge is 0.143 e. The zero-order chi connectivity index (χ0) is 6.57. The van der Waals surface area contributed by atoms with Crippen LogP contribution in [0.3, 0.4) is 0 Å².